The Balaban J connectivity index is 1.91. The lowest BCUT2D eigenvalue weighted by Gasteiger charge is -2.22. The number of carbonyl (C=O) groups excluding carboxylic acids is 1. The summed E-state index contributed by atoms with van der Waals surface area (Å²) in [4.78, 5) is 24.7. The third kappa shape index (κ3) is 3.95. The van der Waals surface area contributed by atoms with Gasteiger partial charge in [0.2, 0.25) is 5.91 Å². The summed E-state index contributed by atoms with van der Waals surface area (Å²) in [6, 6.07) is 6.98. The standard InChI is InChI=1S/C14H17ClN2O3/c15-11-5-1-2-6-12(11)16-13(18)9-17-7-3-4-10(17)8-14(19)20/h1-2,5-6,10H,3-4,7-9H2,(H,16,18)(H,19,20). The van der Waals surface area contributed by atoms with Crippen molar-refractivity contribution in [1.82, 2.24) is 4.90 Å². The molecule has 1 saturated heterocycles. The first-order valence-corrected chi connectivity index (χ1v) is 6.94. The summed E-state index contributed by atoms with van der Waals surface area (Å²) in [7, 11) is 0. The van der Waals surface area contributed by atoms with E-state index in [-0.39, 0.29) is 24.9 Å². The average Bonchev–Trinajstić information content (AvgIpc) is 2.78. The molecule has 1 heterocycles. The van der Waals surface area contributed by atoms with Gasteiger partial charge in [-0.1, -0.05) is 23.7 Å². The molecule has 5 nitrogen and oxygen atoms in total. The minimum absolute atomic E-state index is 0.0514. The summed E-state index contributed by atoms with van der Waals surface area (Å²) in [5.41, 5.74) is 0.577. The Morgan fingerprint density at radius 2 is 2.15 bits per heavy atom. The number of carboxylic acids is 1. The summed E-state index contributed by atoms with van der Waals surface area (Å²) < 4.78 is 0. The third-order valence-corrected chi connectivity index (χ3v) is 3.73. The van der Waals surface area contributed by atoms with Crippen molar-refractivity contribution in [1.29, 1.82) is 0 Å². The van der Waals surface area contributed by atoms with Crippen molar-refractivity contribution in [2.75, 3.05) is 18.4 Å². The highest BCUT2D eigenvalue weighted by Gasteiger charge is 2.28. The molecule has 1 fully saturated rings. The largest absolute Gasteiger partial charge is 0.481 e. The molecule has 0 aromatic heterocycles. The number of carbonyl (C=O) groups is 2. The second-order valence-electron chi connectivity index (χ2n) is 4.89. The average molecular weight is 297 g/mol. The Kier molecular flexibility index (Phi) is 4.98. The van der Waals surface area contributed by atoms with Crippen molar-refractivity contribution in [2.24, 2.45) is 0 Å². The molecule has 1 aromatic rings. The number of rotatable bonds is 5. The number of carboxylic acid groups (broad SMARTS) is 1. The van der Waals surface area contributed by atoms with Gasteiger partial charge in [-0.15, -0.1) is 0 Å². The van der Waals surface area contributed by atoms with E-state index in [0.29, 0.717) is 10.7 Å². The van der Waals surface area contributed by atoms with Gasteiger partial charge in [0.25, 0.3) is 0 Å². The Bertz CT molecular complexity index is 507. The number of nitrogens with zero attached hydrogens (tertiary/aromatic N) is 1. The predicted molar refractivity (Wildman–Crippen MR) is 76.9 cm³/mol. The van der Waals surface area contributed by atoms with E-state index < -0.39 is 5.97 Å². The quantitative estimate of drug-likeness (QED) is 0.874. The highest BCUT2D eigenvalue weighted by atomic mass is 35.5. The zero-order chi connectivity index (χ0) is 14.5. The normalized spacial score (nSPS) is 18.9. The number of hydrogen-bond acceptors (Lipinski definition) is 3. The van der Waals surface area contributed by atoms with Crippen LogP contribution in [0.25, 0.3) is 0 Å². The summed E-state index contributed by atoms with van der Waals surface area (Å²) in [5, 5.41) is 12.1. The first-order chi connectivity index (χ1) is 9.56. The van der Waals surface area contributed by atoms with Crippen LogP contribution >= 0.6 is 11.6 Å². The van der Waals surface area contributed by atoms with Crippen LogP contribution < -0.4 is 5.32 Å². The molecule has 1 unspecified atom stereocenters. The van der Waals surface area contributed by atoms with Crippen molar-refractivity contribution in [3.05, 3.63) is 29.3 Å². The number of likely N-dealkylation sites (tertiary alicyclic amines) is 1. The summed E-state index contributed by atoms with van der Waals surface area (Å²) in [6.45, 7) is 0.955. The highest BCUT2D eigenvalue weighted by molar-refractivity contribution is 6.33. The van der Waals surface area contributed by atoms with Crippen LogP contribution in [-0.2, 0) is 9.59 Å². The van der Waals surface area contributed by atoms with E-state index in [1.54, 1.807) is 24.3 Å². The Hall–Kier alpha value is -1.59. The van der Waals surface area contributed by atoms with Gasteiger partial charge in [-0.05, 0) is 31.5 Å². The second-order valence-corrected chi connectivity index (χ2v) is 5.30. The van der Waals surface area contributed by atoms with Crippen molar-refractivity contribution in [3.8, 4) is 0 Å². The number of anilines is 1. The number of hydrogen-bond donors (Lipinski definition) is 2. The van der Waals surface area contributed by atoms with Gasteiger partial charge in [0.1, 0.15) is 0 Å². The molecule has 2 rings (SSSR count). The smallest absolute Gasteiger partial charge is 0.304 e. The molecule has 1 aliphatic rings. The SMILES string of the molecule is O=C(O)CC1CCCN1CC(=O)Nc1ccccc1Cl. The summed E-state index contributed by atoms with van der Waals surface area (Å²) in [5.74, 6) is -0.996. The molecule has 1 aliphatic heterocycles. The third-order valence-electron chi connectivity index (χ3n) is 3.40. The number of amides is 1. The van der Waals surface area contributed by atoms with Gasteiger partial charge in [0, 0.05) is 6.04 Å². The Labute approximate surface area is 122 Å². The topological polar surface area (TPSA) is 69.6 Å². The van der Waals surface area contributed by atoms with Crippen molar-refractivity contribution in [2.45, 2.75) is 25.3 Å². The van der Waals surface area contributed by atoms with E-state index in [1.165, 1.54) is 0 Å². The maximum atomic E-state index is 12.0. The van der Waals surface area contributed by atoms with Crippen LogP contribution in [-0.4, -0.2) is 41.0 Å². The van der Waals surface area contributed by atoms with E-state index in [1.807, 2.05) is 4.90 Å². The molecule has 0 saturated carbocycles. The van der Waals surface area contributed by atoms with Gasteiger partial charge in [-0.25, -0.2) is 0 Å². The van der Waals surface area contributed by atoms with Gasteiger partial charge in [0.05, 0.1) is 23.7 Å². The molecule has 0 bridgehead atoms. The van der Waals surface area contributed by atoms with Crippen molar-refractivity contribution >= 4 is 29.2 Å². The molecule has 0 spiro atoms. The maximum absolute atomic E-state index is 12.0. The van der Waals surface area contributed by atoms with E-state index in [4.69, 9.17) is 16.7 Å². The fourth-order valence-corrected chi connectivity index (χ4v) is 2.66. The Morgan fingerprint density at radius 3 is 2.85 bits per heavy atom. The van der Waals surface area contributed by atoms with Crippen LogP contribution in [0.5, 0.6) is 0 Å². The van der Waals surface area contributed by atoms with Crippen molar-refractivity contribution < 1.29 is 14.7 Å². The number of nitrogens with one attached hydrogen (secondary N) is 1. The van der Waals surface area contributed by atoms with Gasteiger partial charge >= 0.3 is 5.97 Å². The fourth-order valence-electron chi connectivity index (χ4n) is 2.47. The van der Waals surface area contributed by atoms with Crippen LogP contribution in [0, 0.1) is 0 Å². The first-order valence-electron chi connectivity index (χ1n) is 6.56. The van der Waals surface area contributed by atoms with E-state index in [0.717, 1.165) is 19.4 Å². The lowest BCUT2D eigenvalue weighted by atomic mass is 10.1. The molecule has 20 heavy (non-hydrogen) atoms. The molecule has 0 radical (unpaired) electrons. The minimum Gasteiger partial charge on any atom is -0.481 e. The molecule has 6 heteroatoms. The summed E-state index contributed by atoms with van der Waals surface area (Å²) >= 11 is 5.98. The molecule has 2 N–H and O–H groups in total. The minimum atomic E-state index is -0.826. The van der Waals surface area contributed by atoms with Gasteiger partial charge in [-0.3, -0.25) is 14.5 Å². The predicted octanol–water partition coefficient (Wildman–Crippen LogP) is 2.22. The van der Waals surface area contributed by atoms with Crippen LogP contribution in [0.4, 0.5) is 5.69 Å². The number of para-hydroxylation sites is 1. The maximum Gasteiger partial charge on any atom is 0.304 e. The summed E-state index contributed by atoms with van der Waals surface area (Å²) in [6.07, 6.45) is 1.84. The van der Waals surface area contributed by atoms with Crippen molar-refractivity contribution in [3.63, 3.8) is 0 Å². The number of benzene rings is 1. The van der Waals surface area contributed by atoms with Crippen LogP contribution in [0.2, 0.25) is 5.02 Å². The highest BCUT2D eigenvalue weighted by Crippen LogP contribution is 2.22. The monoisotopic (exact) mass is 296 g/mol. The van der Waals surface area contributed by atoms with Crippen LogP contribution in [0.3, 0.4) is 0 Å². The zero-order valence-electron chi connectivity index (χ0n) is 11.0. The van der Waals surface area contributed by atoms with E-state index in [9.17, 15) is 9.59 Å². The molecular weight excluding hydrogens is 280 g/mol. The van der Waals surface area contributed by atoms with Crippen LogP contribution in [0.1, 0.15) is 19.3 Å². The molecule has 1 amide bonds. The van der Waals surface area contributed by atoms with E-state index >= 15 is 0 Å². The molecule has 1 aromatic carbocycles. The fraction of sp³-hybridized carbons (Fsp3) is 0.429. The first kappa shape index (κ1) is 14.8. The Morgan fingerprint density at radius 1 is 1.40 bits per heavy atom. The number of halogens is 1. The molecular formula is C14H17ClN2O3. The van der Waals surface area contributed by atoms with Gasteiger partial charge in [0.15, 0.2) is 0 Å². The van der Waals surface area contributed by atoms with E-state index in [2.05, 4.69) is 5.32 Å². The molecule has 0 aliphatic carbocycles. The van der Waals surface area contributed by atoms with Crippen LogP contribution in [0.15, 0.2) is 24.3 Å². The lowest BCUT2D eigenvalue weighted by molar-refractivity contribution is -0.138. The van der Waals surface area contributed by atoms with Gasteiger partial charge in [-0.2, -0.15) is 0 Å². The lowest BCUT2D eigenvalue weighted by Crippen LogP contribution is -2.37. The van der Waals surface area contributed by atoms with Gasteiger partial charge < -0.3 is 10.4 Å². The molecule has 1 atom stereocenters. The zero-order valence-corrected chi connectivity index (χ0v) is 11.8. The molecule has 108 valence electrons. The second kappa shape index (κ2) is 6.72. The number of aliphatic carboxylic acids is 1.